The van der Waals surface area contributed by atoms with Crippen molar-refractivity contribution in [3.05, 3.63) is 42.0 Å². The number of nitrogens with one attached hydrogen (secondary N) is 1. The first-order valence-electron chi connectivity index (χ1n) is 6.15. The van der Waals surface area contributed by atoms with Crippen molar-refractivity contribution in [2.45, 2.75) is 11.8 Å². The summed E-state index contributed by atoms with van der Waals surface area (Å²) in [5.41, 5.74) is 7.97. The number of nitrogens with two attached hydrogens (primary N) is 2. The molecule has 0 amide bonds. The third-order valence-corrected chi connectivity index (χ3v) is 3.94. The maximum absolute atomic E-state index is 11.6. The SMILES string of the molecule is COc1ccc(Nc2ccc(N)cc2S(N)(=O)=O)cc1C. The predicted molar refractivity (Wildman–Crippen MR) is 83.2 cm³/mol. The van der Waals surface area contributed by atoms with Crippen LogP contribution < -0.4 is 20.9 Å². The van der Waals surface area contributed by atoms with E-state index in [4.69, 9.17) is 15.6 Å². The van der Waals surface area contributed by atoms with E-state index in [0.29, 0.717) is 11.4 Å². The van der Waals surface area contributed by atoms with Crippen LogP contribution in [-0.4, -0.2) is 15.5 Å². The molecule has 0 radical (unpaired) electrons. The zero-order valence-electron chi connectivity index (χ0n) is 11.8. The van der Waals surface area contributed by atoms with Crippen LogP contribution >= 0.6 is 0 Å². The third kappa shape index (κ3) is 3.45. The number of benzene rings is 2. The van der Waals surface area contributed by atoms with Gasteiger partial charge in [-0.3, -0.25) is 0 Å². The van der Waals surface area contributed by atoms with Crippen LogP contribution in [0.25, 0.3) is 0 Å². The van der Waals surface area contributed by atoms with Gasteiger partial charge in [0, 0.05) is 11.4 Å². The quantitative estimate of drug-likeness (QED) is 0.749. The van der Waals surface area contributed by atoms with Crippen LogP contribution in [0, 0.1) is 6.92 Å². The van der Waals surface area contributed by atoms with Crippen molar-refractivity contribution in [3.8, 4) is 5.75 Å². The number of anilines is 3. The van der Waals surface area contributed by atoms with E-state index >= 15 is 0 Å². The molecule has 7 heteroatoms. The second kappa shape index (κ2) is 5.63. The molecule has 112 valence electrons. The molecule has 0 saturated carbocycles. The number of methoxy groups -OCH3 is 1. The molecule has 0 unspecified atom stereocenters. The monoisotopic (exact) mass is 307 g/mol. The number of ether oxygens (including phenoxy) is 1. The molecule has 0 atom stereocenters. The Bertz CT molecular complexity index is 773. The molecule has 0 bridgehead atoms. The standard InChI is InChI=1S/C14H17N3O3S/c1-9-7-11(4-6-13(9)20-2)17-12-5-3-10(15)8-14(12)21(16,18)19/h3-8,17H,15H2,1-2H3,(H2,16,18,19). The summed E-state index contributed by atoms with van der Waals surface area (Å²) in [7, 11) is -2.27. The topological polar surface area (TPSA) is 107 Å². The summed E-state index contributed by atoms with van der Waals surface area (Å²) in [4.78, 5) is -0.0454. The lowest BCUT2D eigenvalue weighted by Crippen LogP contribution is -2.14. The van der Waals surface area contributed by atoms with Crippen LogP contribution in [0.3, 0.4) is 0 Å². The molecule has 0 fully saturated rings. The minimum absolute atomic E-state index is 0.0454. The third-order valence-electron chi connectivity index (χ3n) is 2.99. The van der Waals surface area contributed by atoms with Crippen LogP contribution in [0.2, 0.25) is 0 Å². The number of aryl methyl sites for hydroxylation is 1. The molecule has 0 aliphatic carbocycles. The summed E-state index contributed by atoms with van der Waals surface area (Å²) in [6.45, 7) is 1.90. The van der Waals surface area contributed by atoms with E-state index < -0.39 is 10.0 Å². The second-order valence-corrected chi connectivity index (χ2v) is 6.14. The van der Waals surface area contributed by atoms with Gasteiger partial charge >= 0.3 is 0 Å². The molecule has 2 aromatic rings. The van der Waals surface area contributed by atoms with Gasteiger partial charge in [0.05, 0.1) is 12.8 Å². The molecular formula is C14H17N3O3S. The van der Waals surface area contributed by atoms with Crippen molar-refractivity contribution in [3.63, 3.8) is 0 Å². The molecule has 0 aliphatic heterocycles. The van der Waals surface area contributed by atoms with E-state index in [-0.39, 0.29) is 4.90 Å². The summed E-state index contributed by atoms with van der Waals surface area (Å²) in [5, 5.41) is 8.24. The van der Waals surface area contributed by atoms with Crippen LogP contribution in [0.1, 0.15) is 5.56 Å². The Labute approximate surface area is 123 Å². The predicted octanol–water partition coefficient (Wildman–Crippen LogP) is 1.98. The Hall–Kier alpha value is -2.25. The number of nitrogen functional groups attached to an aromatic ring is 1. The highest BCUT2D eigenvalue weighted by molar-refractivity contribution is 7.89. The highest BCUT2D eigenvalue weighted by atomic mass is 32.2. The van der Waals surface area contributed by atoms with E-state index in [0.717, 1.165) is 17.0 Å². The fraction of sp³-hybridized carbons (Fsp3) is 0.143. The summed E-state index contributed by atoms with van der Waals surface area (Å²) in [5.74, 6) is 0.754. The largest absolute Gasteiger partial charge is 0.496 e. The smallest absolute Gasteiger partial charge is 0.240 e. The highest BCUT2D eigenvalue weighted by Gasteiger charge is 2.15. The van der Waals surface area contributed by atoms with E-state index in [2.05, 4.69) is 5.32 Å². The lowest BCUT2D eigenvalue weighted by Gasteiger charge is -2.13. The lowest BCUT2D eigenvalue weighted by atomic mass is 10.2. The van der Waals surface area contributed by atoms with Crippen molar-refractivity contribution >= 4 is 27.1 Å². The molecule has 0 aromatic heterocycles. The first kappa shape index (κ1) is 15.1. The first-order valence-corrected chi connectivity index (χ1v) is 7.70. The number of hydrogen-bond donors (Lipinski definition) is 3. The minimum atomic E-state index is -3.87. The average molecular weight is 307 g/mol. The fourth-order valence-corrected chi connectivity index (χ4v) is 2.72. The zero-order valence-corrected chi connectivity index (χ0v) is 12.6. The van der Waals surface area contributed by atoms with E-state index in [9.17, 15) is 8.42 Å². The highest BCUT2D eigenvalue weighted by Crippen LogP contribution is 2.28. The van der Waals surface area contributed by atoms with Gasteiger partial charge in [-0.05, 0) is 48.9 Å². The van der Waals surface area contributed by atoms with E-state index in [1.54, 1.807) is 31.4 Å². The van der Waals surface area contributed by atoms with Gasteiger partial charge in [0.25, 0.3) is 0 Å². The van der Waals surface area contributed by atoms with Crippen LogP contribution in [0.5, 0.6) is 5.75 Å². The van der Waals surface area contributed by atoms with Gasteiger partial charge in [-0.15, -0.1) is 0 Å². The second-order valence-electron chi connectivity index (χ2n) is 4.61. The number of rotatable bonds is 4. The molecule has 0 heterocycles. The number of sulfonamides is 1. The lowest BCUT2D eigenvalue weighted by molar-refractivity contribution is 0.412. The van der Waals surface area contributed by atoms with Gasteiger partial charge in [0.2, 0.25) is 10.0 Å². The summed E-state index contributed by atoms with van der Waals surface area (Å²) in [6, 6.07) is 9.94. The summed E-state index contributed by atoms with van der Waals surface area (Å²) in [6.07, 6.45) is 0. The number of hydrogen-bond acceptors (Lipinski definition) is 5. The molecule has 5 N–H and O–H groups in total. The Kier molecular flexibility index (Phi) is 4.06. The Balaban J connectivity index is 2.42. The Morgan fingerprint density at radius 1 is 1.14 bits per heavy atom. The van der Waals surface area contributed by atoms with Gasteiger partial charge in [-0.2, -0.15) is 0 Å². The van der Waals surface area contributed by atoms with Gasteiger partial charge in [0.1, 0.15) is 10.6 Å². The molecule has 0 saturated heterocycles. The number of primary sulfonamides is 1. The molecule has 0 aliphatic rings. The Morgan fingerprint density at radius 2 is 1.86 bits per heavy atom. The molecule has 2 aromatic carbocycles. The van der Waals surface area contributed by atoms with Crippen molar-refractivity contribution in [1.82, 2.24) is 0 Å². The molecule has 2 rings (SSSR count). The summed E-state index contributed by atoms with van der Waals surface area (Å²) >= 11 is 0. The van der Waals surface area contributed by atoms with E-state index in [1.165, 1.54) is 6.07 Å². The van der Waals surface area contributed by atoms with Crippen LogP contribution in [0.4, 0.5) is 17.1 Å². The molecular weight excluding hydrogens is 290 g/mol. The molecule has 6 nitrogen and oxygen atoms in total. The first-order chi connectivity index (χ1) is 9.81. The van der Waals surface area contributed by atoms with Gasteiger partial charge in [-0.1, -0.05) is 0 Å². The molecule has 0 spiro atoms. The van der Waals surface area contributed by atoms with E-state index in [1.807, 2.05) is 13.0 Å². The maximum Gasteiger partial charge on any atom is 0.240 e. The molecule has 21 heavy (non-hydrogen) atoms. The van der Waals surface area contributed by atoms with Gasteiger partial charge in [-0.25, -0.2) is 13.6 Å². The average Bonchev–Trinajstić information content (AvgIpc) is 2.40. The van der Waals surface area contributed by atoms with Crippen molar-refractivity contribution in [1.29, 1.82) is 0 Å². The minimum Gasteiger partial charge on any atom is -0.496 e. The van der Waals surface area contributed by atoms with Crippen molar-refractivity contribution in [2.75, 3.05) is 18.2 Å². The normalized spacial score (nSPS) is 11.2. The van der Waals surface area contributed by atoms with Gasteiger partial charge < -0.3 is 15.8 Å². The fourth-order valence-electron chi connectivity index (χ4n) is 1.99. The van der Waals surface area contributed by atoms with Crippen molar-refractivity contribution < 1.29 is 13.2 Å². The van der Waals surface area contributed by atoms with Crippen molar-refractivity contribution in [2.24, 2.45) is 5.14 Å². The van der Waals surface area contributed by atoms with Crippen LogP contribution in [-0.2, 0) is 10.0 Å². The zero-order chi connectivity index (χ0) is 15.6. The Morgan fingerprint density at radius 3 is 2.43 bits per heavy atom. The maximum atomic E-state index is 11.6. The summed E-state index contributed by atoms with van der Waals surface area (Å²) < 4.78 is 28.4. The van der Waals surface area contributed by atoms with Gasteiger partial charge in [0.15, 0.2) is 0 Å². The van der Waals surface area contributed by atoms with Crippen LogP contribution in [0.15, 0.2) is 41.3 Å².